The fourth-order valence-electron chi connectivity index (χ4n) is 2.26. The third-order valence-electron chi connectivity index (χ3n) is 3.18. The van der Waals surface area contributed by atoms with Crippen molar-refractivity contribution in [1.82, 2.24) is 0 Å². The maximum Gasteiger partial charge on any atom is 0.127 e. The molecule has 0 saturated carbocycles. The summed E-state index contributed by atoms with van der Waals surface area (Å²) in [4.78, 5) is 11.3. The molecule has 0 amide bonds. The van der Waals surface area contributed by atoms with Gasteiger partial charge in [0.25, 0.3) is 0 Å². The summed E-state index contributed by atoms with van der Waals surface area (Å²) in [5.74, 6) is 2.78. The van der Waals surface area contributed by atoms with E-state index in [1.165, 1.54) is 11.5 Å². The van der Waals surface area contributed by atoms with Gasteiger partial charge in [0.2, 0.25) is 0 Å². The summed E-state index contributed by atoms with van der Waals surface area (Å²) in [6, 6.07) is 7.70. The second-order valence-corrected chi connectivity index (χ2v) is 5.77. The molecule has 1 fully saturated rings. The average Bonchev–Trinajstić information content (AvgIpc) is 2.34. The van der Waals surface area contributed by atoms with Crippen molar-refractivity contribution in [3.63, 3.8) is 0 Å². The van der Waals surface area contributed by atoms with Gasteiger partial charge < -0.3 is 4.79 Å². The fourth-order valence-corrected chi connectivity index (χ4v) is 3.66. The van der Waals surface area contributed by atoms with Gasteiger partial charge in [0, 0.05) is 10.9 Å². The molecule has 0 aromatic heterocycles. The summed E-state index contributed by atoms with van der Waals surface area (Å²) in [5, 5.41) is 0.720. The van der Waals surface area contributed by atoms with Gasteiger partial charge in [-0.1, -0.05) is 29.8 Å². The van der Waals surface area contributed by atoms with Crippen LogP contribution in [-0.2, 0) is 4.79 Å². The van der Waals surface area contributed by atoms with E-state index in [0.717, 1.165) is 29.7 Å². The molecule has 1 heterocycles. The summed E-state index contributed by atoms with van der Waals surface area (Å²) in [6.07, 6.45) is 3.32. The van der Waals surface area contributed by atoms with E-state index in [-0.39, 0.29) is 5.92 Å². The first-order valence-electron chi connectivity index (χ1n) is 5.60. The van der Waals surface area contributed by atoms with Crippen LogP contribution in [0.3, 0.4) is 0 Å². The summed E-state index contributed by atoms with van der Waals surface area (Å²) in [6.45, 7) is 0. The largest absolute Gasteiger partial charge is 0.303 e. The molecule has 1 aromatic rings. The highest BCUT2D eigenvalue weighted by atomic mass is 35.5. The SMILES string of the molecule is O=CC(c1ccccc1Cl)C1CCSCC1. The number of rotatable bonds is 3. The Bertz CT molecular complexity index is 361. The van der Waals surface area contributed by atoms with Gasteiger partial charge in [-0.3, -0.25) is 0 Å². The van der Waals surface area contributed by atoms with E-state index < -0.39 is 0 Å². The van der Waals surface area contributed by atoms with Crippen LogP contribution in [0.4, 0.5) is 0 Å². The highest BCUT2D eigenvalue weighted by Gasteiger charge is 2.26. The van der Waals surface area contributed by atoms with Crippen molar-refractivity contribution >= 4 is 29.6 Å². The summed E-state index contributed by atoms with van der Waals surface area (Å²) in [5.41, 5.74) is 0.996. The Morgan fingerprint density at radius 2 is 2.00 bits per heavy atom. The molecule has 0 aliphatic carbocycles. The number of aldehydes is 1. The Hall–Kier alpha value is -0.470. The summed E-state index contributed by atoms with van der Waals surface area (Å²) in [7, 11) is 0. The van der Waals surface area contributed by atoms with E-state index in [4.69, 9.17) is 11.6 Å². The molecule has 0 bridgehead atoms. The van der Waals surface area contributed by atoms with Crippen LogP contribution in [0.15, 0.2) is 24.3 Å². The lowest BCUT2D eigenvalue weighted by Gasteiger charge is -2.27. The number of carbonyl (C=O) groups is 1. The van der Waals surface area contributed by atoms with Gasteiger partial charge in [-0.2, -0.15) is 11.8 Å². The number of hydrogen-bond donors (Lipinski definition) is 0. The number of hydrogen-bond acceptors (Lipinski definition) is 2. The predicted molar refractivity (Wildman–Crippen MR) is 70.3 cm³/mol. The number of benzene rings is 1. The van der Waals surface area contributed by atoms with Gasteiger partial charge in [0.15, 0.2) is 0 Å². The lowest BCUT2D eigenvalue weighted by Crippen LogP contribution is -2.19. The van der Waals surface area contributed by atoms with E-state index in [0.29, 0.717) is 5.92 Å². The molecule has 16 heavy (non-hydrogen) atoms. The van der Waals surface area contributed by atoms with Crippen molar-refractivity contribution in [3.8, 4) is 0 Å². The van der Waals surface area contributed by atoms with Crippen LogP contribution in [-0.4, -0.2) is 17.8 Å². The minimum atomic E-state index is -0.0189. The van der Waals surface area contributed by atoms with Gasteiger partial charge in [0.1, 0.15) is 6.29 Å². The normalized spacial score (nSPS) is 19.3. The number of thioether (sulfide) groups is 1. The first kappa shape index (κ1) is 12.0. The molecule has 1 aliphatic heterocycles. The summed E-state index contributed by atoms with van der Waals surface area (Å²) < 4.78 is 0. The Labute approximate surface area is 106 Å². The van der Waals surface area contributed by atoms with Crippen LogP contribution in [0.25, 0.3) is 0 Å². The zero-order valence-corrected chi connectivity index (χ0v) is 10.6. The zero-order chi connectivity index (χ0) is 11.4. The topological polar surface area (TPSA) is 17.1 Å². The van der Waals surface area contributed by atoms with Crippen LogP contribution in [0.5, 0.6) is 0 Å². The predicted octanol–water partition coefficient (Wildman–Crippen LogP) is 3.77. The van der Waals surface area contributed by atoms with E-state index in [1.807, 2.05) is 36.0 Å². The number of halogens is 1. The van der Waals surface area contributed by atoms with Crippen LogP contribution < -0.4 is 0 Å². The molecule has 1 atom stereocenters. The van der Waals surface area contributed by atoms with Crippen molar-refractivity contribution in [2.75, 3.05) is 11.5 Å². The van der Waals surface area contributed by atoms with Gasteiger partial charge in [-0.15, -0.1) is 0 Å². The highest BCUT2D eigenvalue weighted by molar-refractivity contribution is 7.99. The van der Waals surface area contributed by atoms with Gasteiger partial charge in [-0.25, -0.2) is 0 Å². The third-order valence-corrected chi connectivity index (χ3v) is 4.58. The molecule has 0 spiro atoms. The van der Waals surface area contributed by atoms with Crippen molar-refractivity contribution in [3.05, 3.63) is 34.9 Å². The maximum absolute atomic E-state index is 11.3. The number of carbonyl (C=O) groups excluding carboxylic acids is 1. The van der Waals surface area contributed by atoms with E-state index in [9.17, 15) is 4.79 Å². The van der Waals surface area contributed by atoms with Gasteiger partial charge in [0.05, 0.1) is 0 Å². The quantitative estimate of drug-likeness (QED) is 0.764. The van der Waals surface area contributed by atoms with Gasteiger partial charge in [-0.05, 0) is 41.9 Å². The van der Waals surface area contributed by atoms with E-state index in [1.54, 1.807) is 0 Å². The maximum atomic E-state index is 11.3. The minimum absolute atomic E-state index is 0.0189. The van der Waals surface area contributed by atoms with Crippen molar-refractivity contribution in [2.24, 2.45) is 5.92 Å². The van der Waals surface area contributed by atoms with Crippen molar-refractivity contribution < 1.29 is 4.79 Å². The Morgan fingerprint density at radius 1 is 1.31 bits per heavy atom. The molecule has 3 heteroatoms. The summed E-state index contributed by atoms with van der Waals surface area (Å²) >= 11 is 8.13. The molecular weight excluding hydrogens is 240 g/mol. The third kappa shape index (κ3) is 2.61. The van der Waals surface area contributed by atoms with Crippen molar-refractivity contribution in [2.45, 2.75) is 18.8 Å². The molecule has 0 N–H and O–H groups in total. The Kier molecular flexibility index (Phi) is 4.30. The zero-order valence-electron chi connectivity index (χ0n) is 9.06. The molecule has 1 aliphatic rings. The van der Waals surface area contributed by atoms with Crippen LogP contribution in [0.1, 0.15) is 24.3 Å². The monoisotopic (exact) mass is 254 g/mol. The molecule has 2 rings (SSSR count). The molecule has 86 valence electrons. The molecule has 1 nitrogen and oxygen atoms in total. The standard InChI is InChI=1S/C13H15ClOS/c14-13-4-2-1-3-11(13)12(9-15)10-5-7-16-8-6-10/h1-4,9-10,12H,5-8H2. The Balaban J connectivity index is 2.21. The van der Waals surface area contributed by atoms with Gasteiger partial charge >= 0.3 is 0 Å². The molecule has 1 unspecified atom stereocenters. The van der Waals surface area contributed by atoms with Crippen LogP contribution in [0.2, 0.25) is 5.02 Å². The second-order valence-electron chi connectivity index (χ2n) is 4.13. The average molecular weight is 255 g/mol. The van der Waals surface area contributed by atoms with Crippen LogP contribution in [0, 0.1) is 5.92 Å². The minimum Gasteiger partial charge on any atom is -0.303 e. The van der Waals surface area contributed by atoms with Crippen molar-refractivity contribution in [1.29, 1.82) is 0 Å². The molecule has 0 radical (unpaired) electrons. The lowest BCUT2D eigenvalue weighted by atomic mass is 9.83. The molecule has 1 saturated heterocycles. The van der Waals surface area contributed by atoms with E-state index in [2.05, 4.69) is 0 Å². The fraction of sp³-hybridized carbons (Fsp3) is 0.462. The smallest absolute Gasteiger partial charge is 0.127 e. The van der Waals surface area contributed by atoms with Crippen LogP contribution >= 0.6 is 23.4 Å². The molecular formula is C13H15ClOS. The Morgan fingerprint density at radius 3 is 2.62 bits per heavy atom. The first-order chi connectivity index (χ1) is 7.83. The highest BCUT2D eigenvalue weighted by Crippen LogP contribution is 2.36. The molecule has 1 aromatic carbocycles. The lowest BCUT2D eigenvalue weighted by molar-refractivity contribution is -0.110. The second kappa shape index (κ2) is 5.74. The van der Waals surface area contributed by atoms with E-state index >= 15 is 0 Å². The first-order valence-corrected chi connectivity index (χ1v) is 7.13.